The summed E-state index contributed by atoms with van der Waals surface area (Å²) in [4.78, 5) is 31.6. The van der Waals surface area contributed by atoms with Gasteiger partial charge in [-0.2, -0.15) is 0 Å². The number of carbonyl (C=O) groups is 2. The van der Waals surface area contributed by atoms with Gasteiger partial charge in [-0.25, -0.2) is 0 Å². The molecule has 200 valence electrons. The van der Waals surface area contributed by atoms with Crippen molar-refractivity contribution in [3.8, 4) is 5.75 Å². The molecule has 8 heteroatoms. The summed E-state index contributed by atoms with van der Waals surface area (Å²) >= 11 is 0. The molecule has 0 spiro atoms. The van der Waals surface area contributed by atoms with Crippen molar-refractivity contribution in [1.82, 2.24) is 10.2 Å². The Morgan fingerprint density at radius 1 is 1.05 bits per heavy atom. The Morgan fingerprint density at radius 2 is 1.82 bits per heavy atom. The first-order valence-corrected chi connectivity index (χ1v) is 13.3. The van der Waals surface area contributed by atoms with Gasteiger partial charge in [0.2, 0.25) is 5.91 Å². The molecule has 8 nitrogen and oxygen atoms in total. The van der Waals surface area contributed by atoms with E-state index in [2.05, 4.69) is 10.2 Å². The first-order valence-electron chi connectivity index (χ1n) is 13.3. The monoisotopic (exact) mass is 517 g/mol. The molecule has 1 aromatic heterocycles. The summed E-state index contributed by atoms with van der Waals surface area (Å²) < 4.78 is 16.4. The van der Waals surface area contributed by atoms with Crippen LogP contribution in [0.4, 0.5) is 5.69 Å². The number of carbonyl (C=O) groups excluding carboxylic acids is 2. The van der Waals surface area contributed by atoms with Gasteiger partial charge in [0.1, 0.15) is 11.8 Å². The van der Waals surface area contributed by atoms with Crippen molar-refractivity contribution in [1.29, 1.82) is 0 Å². The molecular weight excluding hydrogens is 482 g/mol. The van der Waals surface area contributed by atoms with Gasteiger partial charge in [-0.3, -0.25) is 9.59 Å². The van der Waals surface area contributed by atoms with Gasteiger partial charge in [0.25, 0.3) is 5.91 Å². The van der Waals surface area contributed by atoms with E-state index < -0.39 is 6.04 Å². The second kappa shape index (κ2) is 12.2. The van der Waals surface area contributed by atoms with Crippen molar-refractivity contribution in [2.45, 2.75) is 44.3 Å². The SMILES string of the molecule is COc1cccc(CN(C(=O)c2ccco2)[C@@H](C(=O)NC2CCCC2)c2ccc(N3CCOCC3)cc2)c1. The summed E-state index contributed by atoms with van der Waals surface area (Å²) in [6, 6.07) is 18.1. The molecule has 1 saturated heterocycles. The average molecular weight is 518 g/mol. The normalized spacial score (nSPS) is 16.7. The van der Waals surface area contributed by atoms with Crippen LogP contribution in [0.3, 0.4) is 0 Å². The number of amides is 2. The second-order valence-electron chi connectivity index (χ2n) is 9.85. The number of morpholine rings is 1. The molecule has 38 heavy (non-hydrogen) atoms. The van der Waals surface area contributed by atoms with E-state index >= 15 is 0 Å². The molecule has 1 atom stereocenters. The number of nitrogens with one attached hydrogen (secondary N) is 1. The van der Waals surface area contributed by atoms with Crippen LogP contribution < -0.4 is 15.0 Å². The third kappa shape index (κ3) is 6.02. The van der Waals surface area contributed by atoms with Crippen LogP contribution in [-0.4, -0.2) is 56.2 Å². The van der Waals surface area contributed by atoms with E-state index in [-0.39, 0.29) is 30.2 Å². The molecule has 0 radical (unpaired) electrons. The number of anilines is 1. The highest BCUT2D eigenvalue weighted by Crippen LogP contribution is 2.30. The molecular formula is C30H35N3O5. The largest absolute Gasteiger partial charge is 0.497 e. The predicted molar refractivity (Wildman–Crippen MR) is 144 cm³/mol. The Bertz CT molecular complexity index is 1200. The second-order valence-corrected chi connectivity index (χ2v) is 9.85. The first-order chi connectivity index (χ1) is 18.6. The Balaban J connectivity index is 1.51. The lowest BCUT2D eigenvalue weighted by atomic mass is 10.0. The zero-order valence-corrected chi connectivity index (χ0v) is 21.8. The number of hydrogen-bond donors (Lipinski definition) is 1. The molecule has 1 N–H and O–H groups in total. The van der Waals surface area contributed by atoms with Crippen LogP contribution in [0.15, 0.2) is 71.3 Å². The van der Waals surface area contributed by atoms with E-state index in [1.165, 1.54) is 6.26 Å². The van der Waals surface area contributed by atoms with Gasteiger partial charge < -0.3 is 29.0 Å². The van der Waals surface area contributed by atoms with Crippen molar-refractivity contribution < 1.29 is 23.5 Å². The molecule has 2 aliphatic rings. The molecule has 2 fully saturated rings. The first kappa shape index (κ1) is 25.9. The summed E-state index contributed by atoms with van der Waals surface area (Å²) in [6.45, 7) is 3.25. The maximum atomic E-state index is 13.9. The Morgan fingerprint density at radius 3 is 2.50 bits per heavy atom. The van der Waals surface area contributed by atoms with E-state index in [1.807, 2.05) is 48.5 Å². The van der Waals surface area contributed by atoms with Crippen molar-refractivity contribution in [3.05, 3.63) is 83.8 Å². The van der Waals surface area contributed by atoms with Crippen LogP contribution in [0.2, 0.25) is 0 Å². The summed E-state index contributed by atoms with van der Waals surface area (Å²) in [7, 11) is 1.61. The quantitative estimate of drug-likeness (QED) is 0.448. The van der Waals surface area contributed by atoms with Gasteiger partial charge in [0.15, 0.2) is 5.76 Å². The lowest BCUT2D eigenvalue weighted by Gasteiger charge is -2.33. The fraction of sp³-hybridized carbons (Fsp3) is 0.400. The minimum absolute atomic E-state index is 0.120. The minimum Gasteiger partial charge on any atom is -0.497 e. The van der Waals surface area contributed by atoms with Crippen molar-refractivity contribution in [2.75, 3.05) is 38.3 Å². The third-order valence-electron chi connectivity index (χ3n) is 7.33. The van der Waals surface area contributed by atoms with Crippen molar-refractivity contribution >= 4 is 17.5 Å². The number of rotatable bonds is 9. The van der Waals surface area contributed by atoms with Crippen LogP contribution >= 0.6 is 0 Å². The van der Waals surface area contributed by atoms with Gasteiger partial charge in [-0.05, 0) is 60.4 Å². The summed E-state index contributed by atoms with van der Waals surface area (Å²) in [5.41, 5.74) is 2.68. The Hall–Kier alpha value is -3.78. The fourth-order valence-electron chi connectivity index (χ4n) is 5.30. The average Bonchev–Trinajstić information content (AvgIpc) is 3.68. The van der Waals surface area contributed by atoms with Crippen LogP contribution in [0.5, 0.6) is 5.75 Å². The molecule has 0 bridgehead atoms. The molecule has 1 aliphatic carbocycles. The van der Waals surface area contributed by atoms with Crippen molar-refractivity contribution in [3.63, 3.8) is 0 Å². The Labute approximate surface area is 223 Å². The standard InChI is InChI=1S/C30H35N3O5/c1-36-26-9-4-6-22(20-26)21-33(30(35)27-10-5-17-38-27)28(29(34)31-24-7-2-3-8-24)23-11-13-25(14-12-23)32-15-18-37-19-16-32/h4-6,9-14,17,20,24,28H,2-3,7-8,15-16,18-19,21H2,1H3,(H,31,34)/t28-/m1/s1. The summed E-state index contributed by atoms with van der Waals surface area (Å²) in [5.74, 6) is 0.353. The van der Waals surface area contributed by atoms with Gasteiger partial charge in [0.05, 0.1) is 26.6 Å². The van der Waals surface area contributed by atoms with E-state index in [9.17, 15) is 9.59 Å². The molecule has 2 aromatic carbocycles. The lowest BCUT2D eigenvalue weighted by Crippen LogP contribution is -2.45. The van der Waals surface area contributed by atoms with E-state index in [0.29, 0.717) is 19.0 Å². The number of nitrogens with zero attached hydrogens (tertiary/aromatic N) is 2. The predicted octanol–water partition coefficient (Wildman–Crippen LogP) is 4.57. The zero-order chi connectivity index (χ0) is 26.3. The summed E-state index contributed by atoms with van der Waals surface area (Å²) in [6.07, 6.45) is 5.58. The van der Waals surface area contributed by atoms with Gasteiger partial charge in [-0.1, -0.05) is 37.1 Å². The van der Waals surface area contributed by atoms with Gasteiger partial charge in [-0.15, -0.1) is 0 Å². The Kier molecular flexibility index (Phi) is 8.28. The highest BCUT2D eigenvalue weighted by Gasteiger charge is 2.35. The van der Waals surface area contributed by atoms with Crippen LogP contribution in [0, 0.1) is 0 Å². The number of methoxy groups -OCH3 is 1. The zero-order valence-electron chi connectivity index (χ0n) is 21.8. The molecule has 1 saturated carbocycles. The molecule has 0 unspecified atom stereocenters. The van der Waals surface area contributed by atoms with Crippen LogP contribution in [-0.2, 0) is 16.1 Å². The van der Waals surface area contributed by atoms with E-state index in [1.54, 1.807) is 24.1 Å². The third-order valence-corrected chi connectivity index (χ3v) is 7.33. The van der Waals surface area contributed by atoms with Crippen molar-refractivity contribution in [2.24, 2.45) is 0 Å². The number of benzene rings is 2. The summed E-state index contributed by atoms with van der Waals surface area (Å²) in [5, 5.41) is 3.23. The molecule has 3 aromatic rings. The number of hydrogen-bond acceptors (Lipinski definition) is 6. The molecule has 2 amide bonds. The smallest absolute Gasteiger partial charge is 0.290 e. The highest BCUT2D eigenvalue weighted by atomic mass is 16.5. The molecule has 2 heterocycles. The molecule has 5 rings (SSSR count). The minimum atomic E-state index is -0.835. The van der Waals surface area contributed by atoms with Crippen LogP contribution in [0.1, 0.15) is 53.4 Å². The maximum absolute atomic E-state index is 13.9. The van der Waals surface area contributed by atoms with Crippen LogP contribution in [0.25, 0.3) is 0 Å². The topological polar surface area (TPSA) is 84.2 Å². The van der Waals surface area contributed by atoms with Gasteiger partial charge >= 0.3 is 0 Å². The fourth-order valence-corrected chi connectivity index (χ4v) is 5.30. The maximum Gasteiger partial charge on any atom is 0.290 e. The highest BCUT2D eigenvalue weighted by molar-refractivity contribution is 5.96. The number of ether oxygens (including phenoxy) is 2. The van der Waals surface area contributed by atoms with Gasteiger partial charge in [0, 0.05) is 31.4 Å². The number of furan rings is 1. The van der Waals surface area contributed by atoms with E-state index in [4.69, 9.17) is 13.9 Å². The van der Waals surface area contributed by atoms with E-state index in [0.717, 1.165) is 55.6 Å². The molecule has 1 aliphatic heterocycles. The lowest BCUT2D eigenvalue weighted by molar-refractivity contribution is -0.126.